The van der Waals surface area contributed by atoms with Crippen molar-refractivity contribution in [2.75, 3.05) is 6.61 Å². The molecule has 0 radical (unpaired) electrons. The number of rotatable bonds is 9. The van der Waals surface area contributed by atoms with Gasteiger partial charge in [-0.1, -0.05) is 6.58 Å². The highest BCUT2D eigenvalue weighted by molar-refractivity contribution is 7.48. The van der Waals surface area contributed by atoms with Crippen LogP contribution in [0.25, 0.3) is 0 Å². The molecule has 2 aliphatic rings. The number of nitrogens with one attached hydrogen (secondary N) is 2. The zero-order valence-corrected chi connectivity index (χ0v) is 16.5. The van der Waals surface area contributed by atoms with Gasteiger partial charge in [0, 0.05) is 17.2 Å². The molecule has 4 unspecified atom stereocenters. The Morgan fingerprint density at radius 3 is 2.89 bits per heavy atom. The van der Waals surface area contributed by atoms with E-state index in [0.29, 0.717) is 18.7 Å². The quantitative estimate of drug-likeness (QED) is 0.342. The first-order chi connectivity index (χ1) is 12.8. The molecule has 1 amide bonds. The van der Waals surface area contributed by atoms with Crippen LogP contribution in [0, 0.1) is 4.91 Å². The summed E-state index contributed by atoms with van der Waals surface area (Å²) in [5.74, 6) is -0.252. The molecule has 0 spiro atoms. The second kappa shape index (κ2) is 9.89. The van der Waals surface area contributed by atoms with Crippen LogP contribution < -0.4 is 10.4 Å². The van der Waals surface area contributed by atoms with E-state index in [1.54, 1.807) is 31.9 Å². The van der Waals surface area contributed by atoms with Gasteiger partial charge in [0.05, 0.1) is 18.8 Å². The Morgan fingerprint density at radius 1 is 1.52 bits per heavy atom. The molecular weight excluding hydrogens is 375 g/mol. The van der Waals surface area contributed by atoms with Gasteiger partial charge in [0.2, 0.25) is 0 Å². The molecule has 2 N–H and O–H groups in total. The SMILES string of the molecule is C=C1NC(=O)C=CN1C1CCC(COP(N=O)NC(C)C(=O)OC(C)C)O1. The Bertz CT molecular complexity index is 614. The second-order valence-corrected chi connectivity index (χ2v) is 7.66. The van der Waals surface area contributed by atoms with E-state index in [1.165, 1.54) is 6.08 Å². The van der Waals surface area contributed by atoms with Gasteiger partial charge in [0.1, 0.15) is 18.1 Å². The van der Waals surface area contributed by atoms with Crippen LogP contribution in [0.15, 0.2) is 29.6 Å². The van der Waals surface area contributed by atoms with Crippen LogP contribution in [-0.2, 0) is 23.6 Å². The van der Waals surface area contributed by atoms with Gasteiger partial charge in [0.25, 0.3) is 14.4 Å². The third-order valence-electron chi connectivity index (χ3n) is 3.83. The fraction of sp³-hybridized carbons (Fsp3) is 0.625. The maximum Gasteiger partial charge on any atom is 0.323 e. The summed E-state index contributed by atoms with van der Waals surface area (Å²) >= 11 is 0. The topological polar surface area (TPSA) is 119 Å². The molecule has 10 nitrogen and oxygen atoms in total. The minimum absolute atomic E-state index is 0.156. The Labute approximate surface area is 159 Å². The average molecular weight is 400 g/mol. The van der Waals surface area contributed by atoms with Crippen LogP contribution in [0.1, 0.15) is 33.6 Å². The minimum atomic E-state index is -1.88. The summed E-state index contributed by atoms with van der Waals surface area (Å²) in [6, 6.07) is -0.709. The van der Waals surface area contributed by atoms with E-state index in [9.17, 15) is 14.5 Å². The molecule has 0 aromatic heterocycles. The van der Waals surface area contributed by atoms with Gasteiger partial charge in [-0.05, 0) is 33.6 Å². The lowest BCUT2D eigenvalue weighted by molar-refractivity contribution is -0.149. The molecule has 4 atom stereocenters. The van der Waals surface area contributed by atoms with Crippen LogP contribution in [0.5, 0.6) is 0 Å². The maximum absolute atomic E-state index is 11.8. The van der Waals surface area contributed by atoms with Crippen LogP contribution in [0.3, 0.4) is 0 Å². The van der Waals surface area contributed by atoms with Crippen molar-refractivity contribution in [3.05, 3.63) is 29.6 Å². The van der Waals surface area contributed by atoms with Crippen molar-refractivity contribution in [2.45, 2.75) is 58.1 Å². The molecule has 2 rings (SSSR count). The number of carbonyl (C=O) groups is 2. The fourth-order valence-electron chi connectivity index (χ4n) is 2.56. The highest BCUT2D eigenvalue weighted by atomic mass is 31.2. The van der Waals surface area contributed by atoms with Gasteiger partial charge in [0.15, 0.2) is 0 Å². The molecule has 1 fully saturated rings. The van der Waals surface area contributed by atoms with E-state index < -0.39 is 20.5 Å². The van der Waals surface area contributed by atoms with Gasteiger partial charge < -0.3 is 24.2 Å². The van der Waals surface area contributed by atoms with Gasteiger partial charge >= 0.3 is 5.97 Å². The molecule has 2 aliphatic heterocycles. The molecule has 1 saturated heterocycles. The molecule has 27 heavy (non-hydrogen) atoms. The third-order valence-corrected chi connectivity index (χ3v) is 4.98. The summed E-state index contributed by atoms with van der Waals surface area (Å²) in [5, 5.41) is 5.35. The first kappa shape index (κ1) is 21.4. The summed E-state index contributed by atoms with van der Waals surface area (Å²) < 4.78 is 16.5. The van der Waals surface area contributed by atoms with Crippen LogP contribution in [0.2, 0.25) is 0 Å². The normalized spacial score (nSPS) is 24.7. The Balaban J connectivity index is 1.78. The van der Waals surface area contributed by atoms with Crippen LogP contribution in [-0.4, -0.2) is 47.9 Å². The van der Waals surface area contributed by atoms with E-state index in [1.807, 2.05) is 0 Å². The standard InChI is InChI=1S/C16H25N4O6P/c1-10(2)25-16(22)11(3)18-27(19-23)24-9-13-5-6-15(26-13)20-8-7-14(21)17-12(20)4/h7-8,10-11,13,15,18H,4-6,9H2,1-3H3,(H,17,21). The first-order valence-electron chi connectivity index (χ1n) is 8.65. The van der Waals surface area contributed by atoms with Crippen molar-refractivity contribution in [2.24, 2.45) is 4.95 Å². The van der Waals surface area contributed by atoms with Crippen molar-refractivity contribution >= 4 is 20.3 Å². The van der Waals surface area contributed by atoms with Crippen molar-refractivity contribution < 1.29 is 23.6 Å². The number of esters is 1. The molecule has 150 valence electrons. The van der Waals surface area contributed by atoms with Crippen LogP contribution >= 0.6 is 8.45 Å². The number of carbonyl (C=O) groups excluding carboxylic acids is 2. The lowest BCUT2D eigenvalue weighted by atomic mass is 10.2. The number of amides is 1. The van der Waals surface area contributed by atoms with Gasteiger partial charge in [-0.2, -0.15) is 0 Å². The molecule has 11 heteroatoms. The Morgan fingerprint density at radius 2 is 2.26 bits per heavy atom. The number of nitroso groups, excluding NO2 is 1. The third kappa shape index (κ3) is 6.35. The summed E-state index contributed by atoms with van der Waals surface area (Å²) in [6.45, 7) is 9.02. The summed E-state index contributed by atoms with van der Waals surface area (Å²) in [7, 11) is -1.88. The lowest BCUT2D eigenvalue weighted by Gasteiger charge is -2.31. The Kier molecular flexibility index (Phi) is 7.85. The van der Waals surface area contributed by atoms with Crippen LogP contribution in [0.4, 0.5) is 0 Å². The van der Waals surface area contributed by atoms with Gasteiger partial charge in [-0.25, -0.2) is 5.09 Å². The van der Waals surface area contributed by atoms with Crippen molar-refractivity contribution in [3.8, 4) is 0 Å². The number of nitrogens with zero attached hydrogens (tertiary/aromatic N) is 2. The molecular formula is C16H25N4O6P. The predicted octanol–water partition coefficient (Wildman–Crippen LogP) is 1.85. The lowest BCUT2D eigenvalue weighted by Crippen LogP contribution is -2.41. The van der Waals surface area contributed by atoms with E-state index in [4.69, 9.17) is 14.0 Å². The molecule has 0 aliphatic carbocycles. The summed E-state index contributed by atoms with van der Waals surface area (Å²) in [5.41, 5.74) is 0. The van der Waals surface area contributed by atoms with E-state index in [-0.39, 0.29) is 30.9 Å². The maximum atomic E-state index is 11.8. The van der Waals surface area contributed by atoms with E-state index >= 15 is 0 Å². The zero-order chi connectivity index (χ0) is 20.0. The molecule has 0 aromatic rings. The fourth-order valence-corrected chi connectivity index (χ4v) is 3.47. The number of hydrogen-bond donors (Lipinski definition) is 2. The van der Waals surface area contributed by atoms with Crippen molar-refractivity contribution in [1.82, 2.24) is 15.3 Å². The average Bonchev–Trinajstić information content (AvgIpc) is 3.06. The highest BCUT2D eigenvalue weighted by Crippen LogP contribution is 2.36. The smallest absolute Gasteiger partial charge is 0.323 e. The summed E-state index contributed by atoms with van der Waals surface area (Å²) in [4.78, 5) is 38.7. The minimum Gasteiger partial charge on any atom is -0.462 e. The van der Waals surface area contributed by atoms with Gasteiger partial charge in [-0.3, -0.25) is 9.59 Å². The molecule has 0 saturated carbocycles. The zero-order valence-electron chi connectivity index (χ0n) is 15.6. The van der Waals surface area contributed by atoms with Gasteiger partial charge in [-0.15, -0.1) is 4.91 Å². The predicted molar refractivity (Wildman–Crippen MR) is 98.6 cm³/mol. The van der Waals surface area contributed by atoms with Crippen molar-refractivity contribution in [3.63, 3.8) is 0 Å². The van der Waals surface area contributed by atoms with E-state index in [2.05, 4.69) is 21.9 Å². The summed E-state index contributed by atoms with van der Waals surface area (Å²) in [6.07, 6.45) is 3.70. The number of ether oxygens (including phenoxy) is 2. The van der Waals surface area contributed by atoms with Crippen molar-refractivity contribution in [1.29, 1.82) is 0 Å². The first-order valence-corrected chi connectivity index (χ1v) is 9.86. The largest absolute Gasteiger partial charge is 0.462 e. The highest BCUT2D eigenvalue weighted by Gasteiger charge is 2.32. The molecule has 0 aromatic carbocycles. The Hall–Kier alpha value is -1.87. The number of hydrogen-bond acceptors (Lipinski definition) is 9. The molecule has 0 bridgehead atoms. The van der Waals surface area contributed by atoms with E-state index in [0.717, 1.165) is 0 Å². The monoisotopic (exact) mass is 400 g/mol. The second-order valence-electron chi connectivity index (χ2n) is 6.44. The molecule has 2 heterocycles.